The van der Waals surface area contributed by atoms with E-state index >= 15 is 0 Å². The summed E-state index contributed by atoms with van der Waals surface area (Å²) in [6.45, 7) is 5.05. The van der Waals surface area contributed by atoms with Crippen LogP contribution in [0.3, 0.4) is 0 Å². The number of halogens is 1. The predicted molar refractivity (Wildman–Crippen MR) is 110 cm³/mol. The van der Waals surface area contributed by atoms with Gasteiger partial charge >= 0.3 is 0 Å². The van der Waals surface area contributed by atoms with E-state index in [0.717, 1.165) is 11.1 Å². The van der Waals surface area contributed by atoms with E-state index in [1.54, 1.807) is 24.3 Å². The summed E-state index contributed by atoms with van der Waals surface area (Å²) < 4.78 is 15.8. The molecule has 7 heteroatoms. The summed E-state index contributed by atoms with van der Waals surface area (Å²) >= 11 is 0. The molecule has 0 aliphatic heterocycles. The maximum absolute atomic E-state index is 14.2. The lowest BCUT2D eigenvalue weighted by Gasteiger charge is -2.25. The van der Waals surface area contributed by atoms with Crippen LogP contribution in [0.15, 0.2) is 60.7 Å². The number of aryl methyl sites for hydroxylation is 1. The Morgan fingerprint density at radius 3 is 2.52 bits per heavy atom. The average molecular weight is 391 g/mol. The van der Waals surface area contributed by atoms with Gasteiger partial charge in [-0.2, -0.15) is 4.52 Å². The number of aromatic nitrogens is 4. The molecule has 0 saturated heterocycles. The van der Waals surface area contributed by atoms with Crippen molar-refractivity contribution in [2.24, 2.45) is 0 Å². The van der Waals surface area contributed by atoms with Gasteiger partial charge < -0.3 is 10.0 Å². The molecule has 2 heterocycles. The summed E-state index contributed by atoms with van der Waals surface area (Å²) in [4.78, 5) is 1.97. The van der Waals surface area contributed by atoms with Crippen LogP contribution in [0.4, 0.5) is 10.2 Å². The third-order valence-corrected chi connectivity index (χ3v) is 4.92. The minimum Gasteiger partial charge on any atom is -0.387 e. The molecule has 2 aromatic carbocycles. The van der Waals surface area contributed by atoms with Crippen LogP contribution in [-0.2, 0) is 0 Å². The topological polar surface area (TPSA) is 66.5 Å². The minimum atomic E-state index is -0.653. The molecule has 4 aromatic rings. The van der Waals surface area contributed by atoms with Crippen LogP contribution < -0.4 is 4.90 Å². The van der Waals surface area contributed by atoms with Crippen LogP contribution in [0.25, 0.3) is 17.0 Å². The molecule has 0 spiro atoms. The van der Waals surface area contributed by atoms with Crippen molar-refractivity contribution in [3.05, 3.63) is 77.6 Å². The van der Waals surface area contributed by atoms with Gasteiger partial charge in [-0.05, 0) is 43.7 Å². The molecule has 0 aliphatic rings. The van der Waals surface area contributed by atoms with E-state index in [-0.39, 0.29) is 5.82 Å². The van der Waals surface area contributed by atoms with E-state index in [1.807, 2.05) is 49.1 Å². The summed E-state index contributed by atoms with van der Waals surface area (Å²) in [7, 11) is 0. The standard InChI is InChI=1S/C22H22FN5O/c1-3-27(14-19(29)16-10-8-15(2)9-11-16)21-13-12-20-24-25-22(28(20)26-21)17-6-4-5-7-18(17)23/h4-13,19,29H,3,14H2,1-2H3. The summed E-state index contributed by atoms with van der Waals surface area (Å²) in [5.74, 6) is 0.620. The molecule has 6 nitrogen and oxygen atoms in total. The second-order valence-corrected chi connectivity index (χ2v) is 6.93. The van der Waals surface area contributed by atoms with Gasteiger partial charge in [-0.3, -0.25) is 0 Å². The van der Waals surface area contributed by atoms with Crippen molar-refractivity contribution in [2.75, 3.05) is 18.0 Å². The Kier molecular flexibility index (Phi) is 5.22. The summed E-state index contributed by atoms with van der Waals surface area (Å²) in [6.07, 6.45) is -0.653. The molecule has 1 N–H and O–H groups in total. The molecule has 1 unspecified atom stereocenters. The third kappa shape index (κ3) is 3.82. The molecule has 0 amide bonds. The summed E-state index contributed by atoms with van der Waals surface area (Å²) in [5.41, 5.74) is 2.87. The fourth-order valence-electron chi connectivity index (χ4n) is 3.25. The molecular weight excluding hydrogens is 369 g/mol. The van der Waals surface area contributed by atoms with Crippen LogP contribution in [0, 0.1) is 12.7 Å². The Labute approximate surface area is 168 Å². The Bertz CT molecular complexity index is 1130. The molecule has 29 heavy (non-hydrogen) atoms. The Morgan fingerprint density at radius 1 is 1.03 bits per heavy atom. The van der Waals surface area contributed by atoms with Crippen molar-refractivity contribution in [1.82, 2.24) is 19.8 Å². The third-order valence-electron chi connectivity index (χ3n) is 4.92. The molecule has 1 atom stereocenters. The quantitative estimate of drug-likeness (QED) is 0.542. The van der Waals surface area contributed by atoms with Crippen molar-refractivity contribution in [1.29, 1.82) is 0 Å². The number of likely N-dealkylation sites (N-methyl/N-ethyl adjacent to an activating group) is 1. The highest BCUT2D eigenvalue weighted by molar-refractivity contribution is 5.60. The Morgan fingerprint density at radius 2 is 1.79 bits per heavy atom. The smallest absolute Gasteiger partial charge is 0.188 e. The molecule has 0 radical (unpaired) electrons. The van der Waals surface area contributed by atoms with E-state index in [4.69, 9.17) is 0 Å². The van der Waals surface area contributed by atoms with E-state index in [1.165, 1.54) is 10.6 Å². The molecule has 0 saturated carbocycles. The van der Waals surface area contributed by atoms with Crippen molar-refractivity contribution in [3.8, 4) is 11.4 Å². The molecule has 0 bridgehead atoms. The van der Waals surface area contributed by atoms with Gasteiger partial charge in [0.05, 0.1) is 11.7 Å². The number of rotatable bonds is 6. The maximum atomic E-state index is 14.2. The largest absolute Gasteiger partial charge is 0.387 e. The summed E-state index contributed by atoms with van der Waals surface area (Å²) in [5, 5.41) is 23.5. The Balaban J connectivity index is 1.66. The molecule has 148 valence electrons. The highest BCUT2D eigenvalue weighted by atomic mass is 19.1. The molecule has 0 fully saturated rings. The highest BCUT2D eigenvalue weighted by Gasteiger charge is 2.17. The fourth-order valence-corrected chi connectivity index (χ4v) is 3.25. The zero-order chi connectivity index (χ0) is 20.4. The van der Waals surface area contributed by atoms with Crippen molar-refractivity contribution in [3.63, 3.8) is 0 Å². The Hall–Kier alpha value is -3.32. The van der Waals surface area contributed by atoms with Crippen molar-refractivity contribution >= 4 is 11.5 Å². The van der Waals surface area contributed by atoms with E-state index in [2.05, 4.69) is 15.3 Å². The van der Waals surface area contributed by atoms with Gasteiger partial charge in [0.25, 0.3) is 0 Å². The minimum absolute atomic E-state index is 0.340. The van der Waals surface area contributed by atoms with E-state index in [9.17, 15) is 9.50 Å². The number of nitrogens with zero attached hydrogens (tertiary/aromatic N) is 5. The predicted octanol–water partition coefficient (Wildman–Crippen LogP) is 3.80. The van der Waals surface area contributed by atoms with Gasteiger partial charge in [0.2, 0.25) is 0 Å². The second-order valence-electron chi connectivity index (χ2n) is 6.93. The van der Waals surface area contributed by atoms with E-state index in [0.29, 0.717) is 35.9 Å². The van der Waals surface area contributed by atoms with Crippen LogP contribution >= 0.6 is 0 Å². The fraction of sp³-hybridized carbons (Fsp3) is 0.227. The molecule has 4 rings (SSSR count). The van der Waals surface area contributed by atoms with Crippen molar-refractivity contribution < 1.29 is 9.50 Å². The number of aliphatic hydroxyl groups is 1. The zero-order valence-corrected chi connectivity index (χ0v) is 16.3. The first-order valence-corrected chi connectivity index (χ1v) is 9.53. The number of benzene rings is 2. The number of anilines is 1. The molecular formula is C22H22FN5O. The monoisotopic (exact) mass is 391 g/mol. The van der Waals surface area contributed by atoms with Gasteiger partial charge in [-0.25, -0.2) is 4.39 Å². The van der Waals surface area contributed by atoms with Gasteiger partial charge in [-0.15, -0.1) is 15.3 Å². The number of hydrogen-bond donors (Lipinski definition) is 1. The first-order chi connectivity index (χ1) is 14.1. The number of aliphatic hydroxyl groups excluding tert-OH is 1. The van der Waals surface area contributed by atoms with Crippen LogP contribution in [-0.4, -0.2) is 38.0 Å². The molecule has 0 aliphatic carbocycles. The highest BCUT2D eigenvalue weighted by Crippen LogP contribution is 2.23. The van der Waals surface area contributed by atoms with Crippen LogP contribution in [0.5, 0.6) is 0 Å². The first kappa shape index (κ1) is 19.0. The lowest BCUT2D eigenvalue weighted by Crippen LogP contribution is -2.29. The van der Waals surface area contributed by atoms with Crippen molar-refractivity contribution in [2.45, 2.75) is 20.0 Å². The maximum Gasteiger partial charge on any atom is 0.188 e. The number of fused-ring (bicyclic) bond motifs is 1. The van der Waals surface area contributed by atoms with Gasteiger partial charge in [0.1, 0.15) is 11.6 Å². The van der Waals surface area contributed by atoms with E-state index < -0.39 is 6.10 Å². The summed E-state index contributed by atoms with van der Waals surface area (Å²) in [6, 6.07) is 17.9. The van der Waals surface area contributed by atoms with Crippen LogP contribution in [0.1, 0.15) is 24.2 Å². The average Bonchev–Trinajstić information content (AvgIpc) is 3.15. The zero-order valence-electron chi connectivity index (χ0n) is 16.3. The van der Waals surface area contributed by atoms with Gasteiger partial charge in [0.15, 0.2) is 11.5 Å². The first-order valence-electron chi connectivity index (χ1n) is 9.53. The second kappa shape index (κ2) is 7.97. The van der Waals surface area contributed by atoms with Crippen LogP contribution in [0.2, 0.25) is 0 Å². The lowest BCUT2D eigenvalue weighted by molar-refractivity contribution is 0.183. The SMILES string of the molecule is CCN(CC(O)c1ccc(C)cc1)c1ccc2nnc(-c3ccccc3F)n2n1. The lowest BCUT2D eigenvalue weighted by atomic mass is 10.1. The molecule has 2 aromatic heterocycles. The van der Waals surface area contributed by atoms with Gasteiger partial charge in [-0.1, -0.05) is 42.0 Å². The van der Waals surface area contributed by atoms with Gasteiger partial charge in [0, 0.05) is 13.1 Å². The number of hydrogen-bond acceptors (Lipinski definition) is 5. The normalized spacial score (nSPS) is 12.3.